The van der Waals surface area contributed by atoms with Crippen LogP contribution in [0.1, 0.15) is 36.1 Å². The van der Waals surface area contributed by atoms with Crippen molar-refractivity contribution in [1.82, 2.24) is 14.5 Å². The molecule has 1 unspecified atom stereocenters. The van der Waals surface area contributed by atoms with E-state index in [9.17, 15) is 14.0 Å². The molecule has 0 aliphatic rings. The van der Waals surface area contributed by atoms with Crippen molar-refractivity contribution in [3.63, 3.8) is 0 Å². The molecule has 5 nitrogen and oxygen atoms in total. The Morgan fingerprint density at radius 3 is 2.35 bits per heavy atom. The number of aromatic nitrogens is 2. The molecule has 156 valence electrons. The van der Waals surface area contributed by atoms with Gasteiger partial charge in [-0.15, -0.1) is 0 Å². The highest BCUT2D eigenvalue weighted by molar-refractivity contribution is 5.94. The van der Waals surface area contributed by atoms with Crippen molar-refractivity contribution in [2.45, 2.75) is 19.9 Å². The highest BCUT2D eigenvalue weighted by Crippen LogP contribution is 2.24. The highest BCUT2D eigenvalue weighted by atomic mass is 19.1. The highest BCUT2D eigenvalue weighted by Gasteiger charge is 2.27. The van der Waals surface area contributed by atoms with Crippen molar-refractivity contribution in [2.75, 3.05) is 6.54 Å². The largest absolute Gasteiger partial charge is 0.329 e. The number of rotatable bonds is 5. The van der Waals surface area contributed by atoms with E-state index in [0.29, 0.717) is 29.0 Å². The Balaban J connectivity index is 1.90. The van der Waals surface area contributed by atoms with Crippen molar-refractivity contribution in [3.05, 3.63) is 106 Å². The molecule has 1 aromatic heterocycles. The molecule has 0 saturated heterocycles. The number of carbonyl (C=O) groups is 1. The van der Waals surface area contributed by atoms with Gasteiger partial charge in [0.2, 0.25) is 0 Å². The Bertz CT molecular complexity index is 1300. The van der Waals surface area contributed by atoms with Crippen LogP contribution in [0.4, 0.5) is 4.39 Å². The lowest BCUT2D eigenvalue weighted by atomic mass is 10.1. The summed E-state index contributed by atoms with van der Waals surface area (Å²) in [5, 5.41) is 0.491. The summed E-state index contributed by atoms with van der Waals surface area (Å²) >= 11 is 0. The average Bonchev–Trinajstić information content (AvgIpc) is 2.80. The Labute approximate surface area is 179 Å². The van der Waals surface area contributed by atoms with E-state index in [0.717, 1.165) is 0 Å². The lowest BCUT2D eigenvalue weighted by molar-refractivity contribution is 0.0688. The number of fused-ring (bicyclic) bond motifs is 1. The zero-order valence-electron chi connectivity index (χ0n) is 17.3. The zero-order chi connectivity index (χ0) is 22.0. The summed E-state index contributed by atoms with van der Waals surface area (Å²) in [7, 11) is 0. The molecular formula is C25H22FN3O2. The predicted molar refractivity (Wildman–Crippen MR) is 119 cm³/mol. The molecule has 0 radical (unpaired) electrons. The molecule has 0 bridgehead atoms. The van der Waals surface area contributed by atoms with Crippen LogP contribution in [-0.4, -0.2) is 26.9 Å². The fourth-order valence-electron chi connectivity index (χ4n) is 3.78. The van der Waals surface area contributed by atoms with Crippen LogP contribution in [0.25, 0.3) is 16.6 Å². The minimum Gasteiger partial charge on any atom is -0.329 e. The third-order valence-corrected chi connectivity index (χ3v) is 5.36. The first kappa shape index (κ1) is 20.5. The second-order valence-electron chi connectivity index (χ2n) is 7.21. The van der Waals surface area contributed by atoms with Gasteiger partial charge in [0.1, 0.15) is 11.6 Å². The fraction of sp³-hybridized carbons (Fsp3) is 0.160. The maximum atomic E-state index is 14.3. The number of para-hydroxylation sites is 2. The normalized spacial score (nSPS) is 12.0. The number of halogens is 1. The minimum absolute atomic E-state index is 0.00871. The Hall–Kier alpha value is -3.80. The molecule has 0 saturated carbocycles. The topological polar surface area (TPSA) is 55.2 Å². The molecule has 1 atom stereocenters. The van der Waals surface area contributed by atoms with Crippen molar-refractivity contribution >= 4 is 16.8 Å². The van der Waals surface area contributed by atoms with Gasteiger partial charge in [-0.1, -0.05) is 42.5 Å². The third kappa shape index (κ3) is 3.72. The van der Waals surface area contributed by atoms with Crippen molar-refractivity contribution < 1.29 is 9.18 Å². The van der Waals surface area contributed by atoms with E-state index in [-0.39, 0.29) is 11.1 Å². The van der Waals surface area contributed by atoms with Crippen LogP contribution in [0.3, 0.4) is 0 Å². The maximum Gasteiger partial charge on any atom is 0.266 e. The lowest BCUT2D eigenvalue weighted by Crippen LogP contribution is -2.37. The van der Waals surface area contributed by atoms with E-state index in [1.165, 1.54) is 21.6 Å². The molecule has 0 fully saturated rings. The molecule has 0 spiro atoms. The predicted octanol–water partition coefficient (Wildman–Crippen LogP) is 4.75. The standard InChI is InChI=1S/C25H22FN3O2/c1-3-28(24(30)19-13-7-9-15-21(19)26)17(2)23-27-22-16-10-8-14-20(22)25(31)29(23)18-11-5-4-6-12-18/h4-17H,3H2,1-2H3. The van der Waals surface area contributed by atoms with Crippen LogP contribution in [0.5, 0.6) is 0 Å². The van der Waals surface area contributed by atoms with Crippen LogP contribution in [0.2, 0.25) is 0 Å². The summed E-state index contributed by atoms with van der Waals surface area (Å²) in [4.78, 5) is 32.9. The van der Waals surface area contributed by atoms with Gasteiger partial charge in [0, 0.05) is 6.54 Å². The van der Waals surface area contributed by atoms with Crippen molar-refractivity contribution in [2.24, 2.45) is 0 Å². The quantitative estimate of drug-likeness (QED) is 0.473. The first-order chi connectivity index (χ1) is 15.0. The van der Waals surface area contributed by atoms with Gasteiger partial charge in [0.25, 0.3) is 11.5 Å². The molecular weight excluding hydrogens is 393 g/mol. The van der Waals surface area contributed by atoms with Crippen LogP contribution >= 0.6 is 0 Å². The van der Waals surface area contributed by atoms with Gasteiger partial charge in [0.05, 0.1) is 28.2 Å². The van der Waals surface area contributed by atoms with Gasteiger partial charge in [-0.3, -0.25) is 14.2 Å². The Kier molecular flexibility index (Phi) is 5.62. The molecule has 31 heavy (non-hydrogen) atoms. The van der Waals surface area contributed by atoms with Gasteiger partial charge in [-0.2, -0.15) is 0 Å². The molecule has 3 aromatic carbocycles. The molecule has 0 aliphatic heterocycles. The SMILES string of the molecule is CCN(C(=O)c1ccccc1F)C(C)c1nc2ccccc2c(=O)n1-c1ccccc1. The van der Waals surface area contributed by atoms with E-state index in [2.05, 4.69) is 0 Å². The number of amides is 1. The first-order valence-corrected chi connectivity index (χ1v) is 10.2. The fourth-order valence-corrected chi connectivity index (χ4v) is 3.78. The van der Waals surface area contributed by atoms with Crippen LogP contribution < -0.4 is 5.56 Å². The van der Waals surface area contributed by atoms with Crippen molar-refractivity contribution in [3.8, 4) is 5.69 Å². The van der Waals surface area contributed by atoms with Gasteiger partial charge in [-0.25, -0.2) is 9.37 Å². The van der Waals surface area contributed by atoms with Crippen LogP contribution in [0, 0.1) is 5.82 Å². The molecule has 4 rings (SSSR count). The van der Waals surface area contributed by atoms with E-state index in [1.807, 2.05) is 43.3 Å². The summed E-state index contributed by atoms with van der Waals surface area (Å²) < 4.78 is 15.8. The molecule has 6 heteroatoms. The smallest absolute Gasteiger partial charge is 0.266 e. The summed E-state index contributed by atoms with van der Waals surface area (Å²) in [6.07, 6.45) is 0. The second kappa shape index (κ2) is 8.52. The molecule has 0 N–H and O–H groups in total. The monoisotopic (exact) mass is 415 g/mol. The van der Waals surface area contributed by atoms with E-state index >= 15 is 0 Å². The molecule has 4 aromatic rings. The van der Waals surface area contributed by atoms with Gasteiger partial charge in [-0.05, 0) is 50.2 Å². The minimum atomic E-state index is -0.579. The molecule has 0 aliphatic carbocycles. The van der Waals surface area contributed by atoms with Gasteiger partial charge < -0.3 is 4.90 Å². The lowest BCUT2D eigenvalue weighted by Gasteiger charge is -2.29. The number of benzene rings is 3. The van der Waals surface area contributed by atoms with Gasteiger partial charge >= 0.3 is 0 Å². The zero-order valence-corrected chi connectivity index (χ0v) is 17.3. The first-order valence-electron chi connectivity index (χ1n) is 10.2. The summed E-state index contributed by atoms with van der Waals surface area (Å²) in [5.41, 5.74) is 0.983. The molecule has 1 amide bonds. The maximum absolute atomic E-state index is 14.3. The van der Waals surface area contributed by atoms with Crippen LogP contribution in [-0.2, 0) is 0 Å². The number of carbonyl (C=O) groups excluding carboxylic acids is 1. The van der Waals surface area contributed by atoms with E-state index in [1.54, 1.807) is 37.3 Å². The summed E-state index contributed by atoms with van der Waals surface area (Å²) in [6.45, 7) is 3.95. The summed E-state index contributed by atoms with van der Waals surface area (Å²) in [5.74, 6) is -0.610. The molecule has 1 heterocycles. The number of hydrogen-bond donors (Lipinski definition) is 0. The Morgan fingerprint density at radius 2 is 1.65 bits per heavy atom. The van der Waals surface area contributed by atoms with Crippen LogP contribution in [0.15, 0.2) is 83.7 Å². The number of nitrogens with zero attached hydrogens (tertiary/aromatic N) is 3. The van der Waals surface area contributed by atoms with Crippen molar-refractivity contribution in [1.29, 1.82) is 0 Å². The summed E-state index contributed by atoms with van der Waals surface area (Å²) in [6, 6.07) is 21.6. The Morgan fingerprint density at radius 1 is 1.00 bits per heavy atom. The average molecular weight is 415 g/mol. The van der Waals surface area contributed by atoms with E-state index < -0.39 is 17.8 Å². The third-order valence-electron chi connectivity index (χ3n) is 5.36. The van der Waals surface area contributed by atoms with E-state index in [4.69, 9.17) is 4.98 Å². The van der Waals surface area contributed by atoms with Gasteiger partial charge in [0.15, 0.2) is 0 Å². The number of hydrogen-bond acceptors (Lipinski definition) is 3. The second-order valence-corrected chi connectivity index (χ2v) is 7.21.